The van der Waals surface area contributed by atoms with Crippen LogP contribution in [0.25, 0.3) is 0 Å². The Bertz CT molecular complexity index is 599. The molecular formula is C16H14ClNO. The smallest absolute Gasteiger partial charge is 0.119 e. The summed E-state index contributed by atoms with van der Waals surface area (Å²) in [4.78, 5) is 0. The van der Waals surface area contributed by atoms with Gasteiger partial charge < -0.3 is 4.74 Å². The highest BCUT2D eigenvalue weighted by molar-refractivity contribution is 6.31. The maximum absolute atomic E-state index is 8.72. The predicted octanol–water partition coefficient (Wildman–Crippen LogP) is 4.14. The lowest BCUT2D eigenvalue weighted by Gasteiger charge is -2.07. The molecule has 2 rings (SSSR count). The highest BCUT2D eigenvalue weighted by atomic mass is 35.5. The van der Waals surface area contributed by atoms with Crippen LogP contribution < -0.4 is 4.74 Å². The minimum Gasteiger partial charge on any atom is -0.493 e. The van der Waals surface area contributed by atoms with Crippen molar-refractivity contribution in [1.29, 1.82) is 5.26 Å². The first-order valence-corrected chi connectivity index (χ1v) is 6.45. The number of halogens is 1. The molecule has 0 unspecified atom stereocenters. The van der Waals surface area contributed by atoms with Gasteiger partial charge in [-0.15, -0.1) is 0 Å². The third-order valence-corrected chi connectivity index (χ3v) is 3.30. The van der Waals surface area contributed by atoms with Crippen LogP contribution in [0.5, 0.6) is 5.75 Å². The van der Waals surface area contributed by atoms with Gasteiger partial charge in [0.1, 0.15) is 5.75 Å². The first-order valence-electron chi connectivity index (χ1n) is 6.07. The summed E-state index contributed by atoms with van der Waals surface area (Å²) >= 11 is 5.96. The molecule has 0 radical (unpaired) electrons. The molecule has 0 atom stereocenters. The molecule has 0 spiro atoms. The summed E-state index contributed by atoms with van der Waals surface area (Å²) in [7, 11) is 0. The van der Waals surface area contributed by atoms with Gasteiger partial charge in [-0.1, -0.05) is 23.7 Å². The molecule has 0 aliphatic rings. The first-order chi connectivity index (χ1) is 9.19. The van der Waals surface area contributed by atoms with Crippen molar-refractivity contribution >= 4 is 11.6 Å². The van der Waals surface area contributed by atoms with E-state index in [1.807, 2.05) is 49.4 Å². The maximum atomic E-state index is 8.72. The third-order valence-electron chi connectivity index (χ3n) is 2.87. The molecule has 96 valence electrons. The Morgan fingerprint density at radius 1 is 1.16 bits per heavy atom. The Morgan fingerprint density at radius 3 is 2.53 bits per heavy atom. The monoisotopic (exact) mass is 271 g/mol. The number of hydrogen-bond acceptors (Lipinski definition) is 2. The molecule has 0 saturated heterocycles. The Labute approximate surface area is 118 Å². The second-order valence-corrected chi connectivity index (χ2v) is 4.73. The summed E-state index contributed by atoms with van der Waals surface area (Å²) in [6.07, 6.45) is 0.813. The van der Waals surface area contributed by atoms with Crippen molar-refractivity contribution < 1.29 is 4.74 Å². The number of aryl methyl sites for hydroxylation is 1. The Morgan fingerprint density at radius 2 is 1.89 bits per heavy atom. The van der Waals surface area contributed by atoms with Crippen LogP contribution in [0.3, 0.4) is 0 Å². The highest BCUT2D eigenvalue weighted by Crippen LogP contribution is 2.21. The van der Waals surface area contributed by atoms with Crippen molar-refractivity contribution in [2.24, 2.45) is 0 Å². The van der Waals surface area contributed by atoms with Crippen LogP contribution in [-0.4, -0.2) is 6.61 Å². The number of ether oxygens (including phenoxy) is 1. The lowest BCUT2D eigenvalue weighted by molar-refractivity contribution is 0.322. The molecule has 0 saturated carbocycles. The van der Waals surface area contributed by atoms with Gasteiger partial charge in [0.05, 0.1) is 18.2 Å². The molecule has 0 aliphatic carbocycles. The fourth-order valence-electron chi connectivity index (χ4n) is 1.74. The van der Waals surface area contributed by atoms with Crippen LogP contribution in [0.1, 0.15) is 16.7 Å². The number of hydrogen-bond donors (Lipinski definition) is 0. The second kappa shape index (κ2) is 6.26. The van der Waals surface area contributed by atoms with E-state index in [4.69, 9.17) is 21.6 Å². The standard InChI is InChI=1S/C16H14ClNO/c1-12-10-15(6-7-16(12)17)19-9-8-13-2-4-14(11-18)5-3-13/h2-7,10H,8-9H2,1H3. The van der Waals surface area contributed by atoms with Crippen molar-refractivity contribution in [2.75, 3.05) is 6.61 Å². The van der Waals surface area contributed by atoms with E-state index in [1.54, 1.807) is 0 Å². The van der Waals surface area contributed by atoms with Crippen molar-refractivity contribution in [3.05, 3.63) is 64.2 Å². The third kappa shape index (κ3) is 3.74. The number of nitriles is 1. The maximum Gasteiger partial charge on any atom is 0.119 e. The topological polar surface area (TPSA) is 33.0 Å². The molecule has 0 bridgehead atoms. The molecular weight excluding hydrogens is 258 g/mol. The van der Waals surface area contributed by atoms with Crippen molar-refractivity contribution in [3.63, 3.8) is 0 Å². The molecule has 2 nitrogen and oxygen atoms in total. The second-order valence-electron chi connectivity index (χ2n) is 4.32. The first kappa shape index (κ1) is 13.5. The van der Waals surface area contributed by atoms with Gasteiger partial charge in [-0.2, -0.15) is 5.26 Å². The highest BCUT2D eigenvalue weighted by Gasteiger charge is 1.99. The average Bonchev–Trinajstić information content (AvgIpc) is 2.43. The van der Waals surface area contributed by atoms with E-state index in [0.29, 0.717) is 12.2 Å². The molecule has 19 heavy (non-hydrogen) atoms. The van der Waals surface area contributed by atoms with Crippen LogP contribution in [0, 0.1) is 18.3 Å². The van der Waals surface area contributed by atoms with Crippen LogP contribution >= 0.6 is 11.6 Å². The van der Waals surface area contributed by atoms with E-state index in [-0.39, 0.29) is 0 Å². The number of rotatable bonds is 4. The average molecular weight is 272 g/mol. The molecule has 2 aromatic rings. The number of benzene rings is 2. The van der Waals surface area contributed by atoms with Gasteiger partial charge in [0, 0.05) is 11.4 Å². The van der Waals surface area contributed by atoms with Crippen molar-refractivity contribution in [2.45, 2.75) is 13.3 Å². The van der Waals surface area contributed by atoms with Gasteiger partial charge in [-0.25, -0.2) is 0 Å². The molecule has 0 N–H and O–H groups in total. The fourth-order valence-corrected chi connectivity index (χ4v) is 1.86. The van der Waals surface area contributed by atoms with E-state index in [0.717, 1.165) is 28.3 Å². The molecule has 2 aromatic carbocycles. The lowest BCUT2D eigenvalue weighted by atomic mass is 10.1. The lowest BCUT2D eigenvalue weighted by Crippen LogP contribution is -2.01. The zero-order valence-corrected chi connectivity index (χ0v) is 11.4. The van der Waals surface area contributed by atoms with Crippen LogP contribution in [0.2, 0.25) is 5.02 Å². The van der Waals surface area contributed by atoms with E-state index in [2.05, 4.69) is 6.07 Å². The molecule has 0 heterocycles. The van der Waals surface area contributed by atoms with E-state index in [9.17, 15) is 0 Å². The predicted molar refractivity (Wildman–Crippen MR) is 76.5 cm³/mol. The number of nitrogens with zero attached hydrogens (tertiary/aromatic N) is 1. The minimum absolute atomic E-state index is 0.604. The zero-order valence-electron chi connectivity index (χ0n) is 10.7. The largest absolute Gasteiger partial charge is 0.493 e. The summed E-state index contributed by atoms with van der Waals surface area (Å²) in [5.41, 5.74) is 2.85. The van der Waals surface area contributed by atoms with Gasteiger partial charge in [-0.3, -0.25) is 0 Å². The van der Waals surface area contributed by atoms with Crippen molar-refractivity contribution in [1.82, 2.24) is 0 Å². The summed E-state index contributed by atoms with van der Waals surface area (Å²) in [6, 6.07) is 15.3. The molecule has 0 fully saturated rings. The Kier molecular flexibility index (Phi) is 4.43. The zero-order chi connectivity index (χ0) is 13.7. The van der Waals surface area contributed by atoms with Crippen LogP contribution in [0.4, 0.5) is 0 Å². The Hall–Kier alpha value is -1.98. The van der Waals surface area contributed by atoms with Crippen molar-refractivity contribution in [3.8, 4) is 11.8 Å². The fraction of sp³-hybridized carbons (Fsp3) is 0.188. The van der Waals surface area contributed by atoms with E-state index in [1.165, 1.54) is 0 Å². The summed E-state index contributed by atoms with van der Waals surface area (Å²) in [6.45, 7) is 2.56. The Balaban J connectivity index is 1.89. The molecule has 0 amide bonds. The summed E-state index contributed by atoms with van der Waals surface area (Å²) in [5.74, 6) is 0.829. The summed E-state index contributed by atoms with van der Waals surface area (Å²) < 4.78 is 5.68. The van der Waals surface area contributed by atoms with Gasteiger partial charge >= 0.3 is 0 Å². The summed E-state index contributed by atoms with van der Waals surface area (Å²) in [5, 5.41) is 9.47. The normalized spacial score (nSPS) is 9.95. The van der Waals surface area contributed by atoms with Gasteiger partial charge in [0.25, 0.3) is 0 Å². The molecule has 0 aliphatic heterocycles. The SMILES string of the molecule is Cc1cc(OCCc2ccc(C#N)cc2)ccc1Cl. The molecule has 0 aromatic heterocycles. The van der Waals surface area contributed by atoms with E-state index >= 15 is 0 Å². The van der Waals surface area contributed by atoms with Gasteiger partial charge in [0.15, 0.2) is 0 Å². The molecule has 3 heteroatoms. The van der Waals surface area contributed by atoms with E-state index < -0.39 is 0 Å². The van der Waals surface area contributed by atoms with Gasteiger partial charge in [-0.05, 0) is 48.4 Å². The minimum atomic E-state index is 0.604. The van der Waals surface area contributed by atoms with Crippen LogP contribution in [0.15, 0.2) is 42.5 Å². The van der Waals surface area contributed by atoms with Gasteiger partial charge in [0.2, 0.25) is 0 Å². The quantitative estimate of drug-likeness (QED) is 0.837. The van der Waals surface area contributed by atoms with Crippen LogP contribution in [-0.2, 0) is 6.42 Å².